The van der Waals surface area contributed by atoms with E-state index in [0.29, 0.717) is 0 Å². The Bertz CT molecular complexity index is 821. The summed E-state index contributed by atoms with van der Waals surface area (Å²) in [5.41, 5.74) is 0. The van der Waals surface area contributed by atoms with Crippen molar-refractivity contribution in [3.05, 3.63) is 24.3 Å². The largest absolute Gasteiger partial charge is 1.00 e. The molecule has 1 aliphatic rings. The van der Waals surface area contributed by atoms with E-state index in [-0.39, 0.29) is 29.6 Å². The van der Waals surface area contributed by atoms with Gasteiger partial charge in [-0.2, -0.15) is 0 Å². The van der Waals surface area contributed by atoms with Gasteiger partial charge in [-0.15, -0.1) is 0 Å². The summed E-state index contributed by atoms with van der Waals surface area (Å²) in [6.07, 6.45) is 11.4. The molecule has 1 heterocycles. The number of unbranched alkanes of at least 4 members (excludes halogenated alkanes) is 10. The maximum Gasteiger partial charge on any atom is 1.00 e. The van der Waals surface area contributed by atoms with Gasteiger partial charge < -0.3 is 39.2 Å². The molecule has 4 N–H and O–H groups in total. The molecule has 0 spiro atoms. The van der Waals surface area contributed by atoms with Crippen molar-refractivity contribution in [3.63, 3.8) is 0 Å². The molecule has 40 heavy (non-hydrogen) atoms. The Morgan fingerprint density at radius 1 is 0.875 bits per heavy atom. The molecule has 228 valence electrons. The molecule has 0 amide bonds. The Balaban J connectivity index is 0.0000152. The molecule has 1 fully saturated rings. The summed E-state index contributed by atoms with van der Waals surface area (Å²) in [6, 6.07) is 0. The van der Waals surface area contributed by atoms with E-state index in [2.05, 4.69) is 19.1 Å². The summed E-state index contributed by atoms with van der Waals surface area (Å²) >= 11 is 0. The molecule has 0 aromatic carbocycles. The number of esters is 1. The fourth-order valence-electron chi connectivity index (χ4n) is 4.03. The van der Waals surface area contributed by atoms with Gasteiger partial charge in [-0.1, -0.05) is 63.7 Å². The summed E-state index contributed by atoms with van der Waals surface area (Å²) in [5, 5.41) is 39.6. The van der Waals surface area contributed by atoms with Crippen LogP contribution in [0.4, 0.5) is 0 Å². The maximum atomic E-state index is 11.8. The predicted molar refractivity (Wildman–Crippen MR) is 144 cm³/mol. The standard InChI is InChI=1S/C27H48O11S.Na/c1-2-3-4-5-6-7-8-9-10-11-12-13-14-15-16-17-23(29)36-18-21(28)19-37-27-26(32)25(31)24(30)22(38-27)20-39(33,34)35;/h9-10,16-17,21-22,24-28,30-32H,2-8,11-15,18-20H2,1H3,(H,33,34,35);/q;+1/p-1/b10-9-,17-16-;/t21-,22-,24-,25+,26-,27+;/m1./s1. The van der Waals surface area contributed by atoms with Crippen molar-refractivity contribution in [2.45, 2.75) is 121 Å². The number of carbonyl (C=O) groups excluding carboxylic acids is 1. The average Bonchev–Trinajstić information content (AvgIpc) is 2.88. The number of ether oxygens (including phenoxy) is 3. The molecule has 0 radical (unpaired) electrons. The maximum absolute atomic E-state index is 11.8. The zero-order valence-electron chi connectivity index (χ0n) is 23.9. The Kier molecular flexibility index (Phi) is 22.9. The number of aliphatic hydroxyl groups is 4. The summed E-state index contributed by atoms with van der Waals surface area (Å²) in [5.74, 6) is -1.78. The number of rotatable bonds is 21. The quantitative estimate of drug-likeness (QED) is 0.0318. The summed E-state index contributed by atoms with van der Waals surface area (Å²) < 4.78 is 48.0. The van der Waals surface area contributed by atoms with E-state index in [0.717, 1.165) is 38.5 Å². The van der Waals surface area contributed by atoms with Crippen molar-refractivity contribution in [1.82, 2.24) is 0 Å². The number of hydrogen-bond acceptors (Lipinski definition) is 11. The number of allylic oxidation sites excluding steroid dienone is 3. The van der Waals surface area contributed by atoms with Crippen molar-refractivity contribution >= 4 is 16.1 Å². The van der Waals surface area contributed by atoms with Gasteiger partial charge in [-0.05, 0) is 38.5 Å². The normalized spacial score (nSPS) is 24.3. The fourth-order valence-corrected chi connectivity index (χ4v) is 4.71. The van der Waals surface area contributed by atoms with Crippen LogP contribution in [0.2, 0.25) is 0 Å². The SMILES string of the molecule is CCCCCCCC/C=C\CCCCC/C=C\C(=O)OC[C@@H](O)CO[C@H]1O[C@H](CS(=O)(=O)[O-])[C@@H](O)[C@H](O)[C@H]1O.[Na+]. The second kappa shape index (κ2) is 23.1. The van der Waals surface area contributed by atoms with Gasteiger partial charge in [0, 0.05) is 6.08 Å². The Labute approximate surface area is 261 Å². The van der Waals surface area contributed by atoms with E-state index in [4.69, 9.17) is 14.2 Å². The number of aliphatic hydroxyl groups excluding tert-OH is 4. The first-order valence-electron chi connectivity index (χ1n) is 14.0. The summed E-state index contributed by atoms with van der Waals surface area (Å²) in [6.45, 7) is 1.31. The van der Waals surface area contributed by atoms with Crippen molar-refractivity contribution in [2.75, 3.05) is 19.0 Å². The van der Waals surface area contributed by atoms with Crippen LogP contribution in [0, 0.1) is 0 Å². The molecule has 1 rings (SSSR count). The van der Waals surface area contributed by atoms with Gasteiger partial charge in [0.1, 0.15) is 37.1 Å². The fraction of sp³-hybridized carbons (Fsp3) is 0.815. The summed E-state index contributed by atoms with van der Waals surface area (Å²) in [7, 11) is -4.79. The van der Waals surface area contributed by atoms with Gasteiger partial charge in [0.15, 0.2) is 6.29 Å². The van der Waals surface area contributed by atoms with Crippen LogP contribution in [0.3, 0.4) is 0 Å². The molecule has 0 aliphatic carbocycles. The zero-order chi connectivity index (χ0) is 29.1. The molecule has 1 aliphatic heterocycles. The van der Waals surface area contributed by atoms with E-state index in [1.807, 2.05) is 0 Å². The van der Waals surface area contributed by atoms with Crippen LogP contribution < -0.4 is 29.6 Å². The van der Waals surface area contributed by atoms with E-state index >= 15 is 0 Å². The van der Waals surface area contributed by atoms with Gasteiger partial charge in [0.05, 0.1) is 22.5 Å². The van der Waals surface area contributed by atoms with Crippen molar-refractivity contribution in [3.8, 4) is 0 Å². The van der Waals surface area contributed by atoms with Crippen LogP contribution >= 0.6 is 0 Å². The molecule has 0 aromatic rings. The van der Waals surface area contributed by atoms with Gasteiger partial charge in [-0.3, -0.25) is 0 Å². The molecule has 0 bridgehead atoms. The van der Waals surface area contributed by atoms with Crippen LogP contribution in [-0.4, -0.2) is 95.1 Å². The van der Waals surface area contributed by atoms with Crippen molar-refractivity contribution in [2.24, 2.45) is 0 Å². The van der Waals surface area contributed by atoms with Gasteiger partial charge in [0.2, 0.25) is 0 Å². The Morgan fingerprint density at radius 2 is 1.43 bits per heavy atom. The zero-order valence-corrected chi connectivity index (χ0v) is 26.8. The Hall–Kier alpha value is -0.380. The molecule has 13 heteroatoms. The first kappa shape index (κ1) is 39.6. The minimum atomic E-state index is -4.79. The van der Waals surface area contributed by atoms with Crippen LogP contribution in [0.5, 0.6) is 0 Å². The van der Waals surface area contributed by atoms with E-state index in [9.17, 15) is 38.2 Å². The van der Waals surface area contributed by atoms with Gasteiger partial charge in [-0.25, -0.2) is 13.2 Å². The van der Waals surface area contributed by atoms with Crippen LogP contribution in [0.25, 0.3) is 0 Å². The van der Waals surface area contributed by atoms with Crippen LogP contribution in [-0.2, 0) is 29.1 Å². The van der Waals surface area contributed by atoms with E-state index in [1.54, 1.807) is 6.08 Å². The molecule has 0 aromatic heterocycles. The molecule has 6 atom stereocenters. The molecule has 0 saturated carbocycles. The number of carbonyl (C=O) groups is 1. The average molecular weight is 603 g/mol. The smallest absolute Gasteiger partial charge is 0.748 e. The molecular formula is C27H47NaO11S. The third-order valence-corrected chi connectivity index (χ3v) is 7.03. The predicted octanol–water partition coefficient (Wildman–Crippen LogP) is -0.923. The number of hydrogen-bond donors (Lipinski definition) is 4. The van der Waals surface area contributed by atoms with Crippen LogP contribution in [0.1, 0.15) is 84.0 Å². The minimum absolute atomic E-state index is 0. The first-order valence-corrected chi connectivity index (χ1v) is 15.5. The minimum Gasteiger partial charge on any atom is -0.748 e. The second-order valence-electron chi connectivity index (χ2n) is 9.92. The topological polar surface area (TPSA) is 183 Å². The third kappa shape index (κ3) is 18.9. The molecule has 11 nitrogen and oxygen atoms in total. The third-order valence-electron chi connectivity index (χ3n) is 6.29. The first-order chi connectivity index (χ1) is 18.5. The second-order valence-corrected chi connectivity index (χ2v) is 11.4. The molecular weight excluding hydrogens is 555 g/mol. The van der Waals surface area contributed by atoms with Crippen molar-refractivity contribution < 1.29 is 82.0 Å². The monoisotopic (exact) mass is 602 g/mol. The Morgan fingerprint density at radius 3 is 2.02 bits per heavy atom. The van der Waals surface area contributed by atoms with E-state index in [1.165, 1.54) is 44.6 Å². The van der Waals surface area contributed by atoms with Gasteiger partial charge >= 0.3 is 35.5 Å². The molecule has 1 saturated heterocycles. The van der Waals surface area contributed by atoms with Crippen LogP contribution in [0.15, 0.2) is 24.3 Å². The van der Waals surface area contributed by atoms with E-state index < -0.39 is 71.9 Å². The molecule has 0 unspecified atom stereocenters. The van der Waals surface area contributed by atoms with Gasteiger partial charge in [0.25, 0.3) is 0 Å². The summed E-state index contributed by atoms with van der Waals surface area (Å²) in [4.78, 5) is 11.8. The van der Waals surface area contributed by atoms with Crippen molar-refractivity contribution in [1.29, 1.82) is 0 Å².